The van der Waals surface area contributed by atoms with Crippen molar-refractivity contribution in [1.29, 1.82) is 0 Å². The minimum atomic E-state index is -2.18. The molecule has 23 fully saturated rings. The fraction of sp³-hybridized carbons (Fsp3) is 0.906. The molecule has 23 heterocycles. The third-order valence-corrected chi connectivity index (χ3v) is 24.8. The lowest BCUT2D eigenvalue weighted by atomic mass is 9.95. The summed E-state index contributed by atoms with van der Waals surface area (Å²) >= 11 is 0. The first kappa shape index (κ1) is 108. The highest BCUT2D eigenvalue weighted by Gasteiger charge is 2.59. The van der Waals surface area contributed by atoms with Gasteiger partial charge in [0.05, 0.1) is 163 Å². The van der Waals surface area contributed by atoms with Crippen LogP contribution in [0.4, 0.5) is 0 Å². The van der Waals surface area contributed by atoms with Crippen LogP contribution in [0.25, 0.3) is 0 Å². The summed E-state index contributed by atoms with van der Waals surface area (Å²) in [4.78, 5) is 50.4. The monoisotopic (exact) mass is 1900 g/mol. The number of nitrogens with zero attached hydrogens (tertiary/aromatic N) is 3. The number of esters is 1. The highest BCUT2D eigenvalue weighted by Crippen LogP contribution is 2.52. The van der Waals surface area contributed by atoms with Crippen LogP contribution in [-0.2, 0) is 136 Å². The summed E-state index contributed by atoms with van der Waals surface area (Å²) in [6.45, 7) is 2.92. The lowest BCUT2D eigenvalue weighted by Gasteiger charge is -2.50. The number of hydrogen-bond donors (Lipinski definition) is 18. The van der Waals surface area contributed by atoms with E-state index in [4.69, 9.17) is 104 Å². The topological polar surface area (TPSA) is 642 Å². The van der Waals surface area contributed by atoms with Gasteiger partial charge >= 0.3 is 5.97 Å². The molecular weight excluding hydrogens is 1760 g/mol. The zero-order chi connectivity index (χ0) is 94.0. The van der Waals surface area contributed by atoms with Gasteiger partial charge in [-0.05, 0) is 82.5 Å². The number of aryl methyl sites for hydroxylation is 1. The average molecular weight is 1900 g/mol. The maximum atomic E-state index is 13.4. The Kier molecular flexibility index (Phi) is 46.0. The number of ether oxygens (including phenoxy) is 22. The Balaban J connectivity index is 0.550. The first-order valence-electron chi connectivity index (χ1n) is 46.3. The van der Waals surface area contributed by atoms with Gasteiger partial charge in [-0.2, -0.15) is 0 Å². The van der Waals surface area contributed by atoms with E-state index in [0.717, 1.165) is 51.4 Å². The molecule has 47 heteroatoms. The minimum Gasteiger partial charge on any atom is -0.465 e. The highest BCUT2D eigenvalue weighted by molar-refractivity contribution is 5.77. The molecule has 0 spiro atoms. The van der Waals surface area contributed by atoms with Crippen LogP contribution in [-0.4, -0.2) is 458 Å². The first-order valence-corrected chi connectivity index (χ1v) is 46.3. The normalized spacial score (nSPS) is 36.4. The summed E-state index contributed by atoms with van der Waals surface area (Å²) < 4.78 is 130. The molecule has 25 aliphatic rings. The van der Waals surface area contributed by atoms with E-state index in [-0.39, 0.29) is 109 Å². The number of carbonyl (C=O) groups excluding carboxylic acids is 4. The first-order chi connectivity index (χ1) is 64.0. The van der Waals surface area contributed by atoms with Crippen molar-refractivity contribution in [2.24, 2.45) is 17.8 Å². The molecular formula is C85H140N6O41. The van der Waals surface area contributed by atoms with Crippen LogP contribution in [0.2, 0.25) is 0 Å². The summed E-state index contributed by atoms with van der Waals surface area (Å²) in [5.41, 5.74) is 0.897. The van der Waals surface area contributed by atoms with Gasteiger partial charge in [0, 0.05) is 64.3 Å². The molecule has 3 amide bonds. The Morgan fingerprint density at radius 1 is 0.447 bits per heavy atom. The second-order valence-corrected chi connectivity index (χ2v) is 34.4. The van der Waals surface area contributed by atoms with E-state index in [9.17, 15) is 95.8 Å². The third-order valence-electron chi connectivity index (χ3n) is 24.8. The Hall–Kier alpha value is -4.86. The number of aromatic nitrogens is 3. The maximum absolute atomic E-state index is 13.4. The SMILES string of the molecule is C[C@@H](CCCCNC(=O)CCOCCOCCOCCOCCNC(=O)COC1CCCCCc2nnn(CC3OC4OC5C(CO)OC(OC6C(CO)OC(OC7C(CO)OC(OC8C(CO)OC(OC9COC(OC3C(O)C4O)C(O)C9)C(O)C8O)C(O)C7O)C(O)C6O)C(O)C5O)c21)NC(=O)CCOCCOCCOCCOCCCC(=O)OCC1C2CCC#CCCC21. The number of amides is 3. The smallest absolute Gasteiger partial charge is 0.305 e. The van der Waals surface area contributed by atoms with Crippen molar-refractivity contribution < 1.29 is 200 Å². The number of unbranched alkanes of at least 4 members (excludes halogenated alkanes) is 1. The summed E-state index contributed by atoms with van der Waals surface area (Å²) in [5, 5.41) is 188. The van der Waals surface area contributed by atoms with E-state index >= 15 is 0 Å². The predicted octanol–water partition coefficient (Wildman–Crippen LogP) is -7.33. The van der Waals surface area contributed by atoms with Crippen molar-refractivity contribution in [1.82, 2.24) is 30.9 Å². The fourth-order valence-corrected chi connectivity index (χ4v) is 17.4. The number of nitrogens with one attached hydrogen (secondary N) is 3. The van der Waals surface area contributed by atoms with Crippen molar-refractivity contribution in [2.45, 2.75) is 307 Å². The molecule has 0 radical (unpaired) electrons. The van der Waals surface area contributed by atoms with Crippen molar-refractivity contribution in [3.05, 3.63) is 11.4 Å². The fourth-order valence-electron chi connectivity index (χ4n) is 17.4. The van der Waals surface area contributed by atoms with Gasteiger partial charge < -0.3 is 197 Å². The second kappa shape index (κ2) is 56.4. The van der Waals surface area contributed by atoms with Crippen molar-refractivity contribution in [2.75, 3.05) is 165 Å². The van der Waals surface area contributed by atoms with Gasteiger partial charge in [-0.25, -0.2) is 4.68 Å². The molecule has 1 aromatic rings. The summed E-state index contributed by atoms with van der Waals surface area (Å²) in [6, 6.07) is -0.0366. The molecule has 32 atom stereocenters. The molecule has 18 N–H and O–H groups in total. The van der Waals surface area contributed by atoms with Crippen LogP contribution >= 0.6 is 0 Å². The molecule has 756 valence electrons. The zero-order valence-electron chi connectivity index (χ0n) is 74.6. The van der Waals surface area contributed by atoms with E-state index in [1.54, 1.807) is 0 Å². The molecule has 132 heavy (non-hydrogen) atoms. The van der Waals surface area contributed by atoms with E-state index in [1.165, 1.54) is 4.68 Å². The van der Waals surface area contributed by atoms with E-state index in [1.807, 2.05) is 6.92 Å². The van der Waals surface area contributed by atoms with Gasteiger partial charge in [0.2, 0.25) is 17.7 Å². The number of rotatable bonds is 48. The zero-order valence-corrected chi connectivity index (χ0v) is 74.6. The molecule has 1 saturated carbocycles. The summed E-state index contributed by atoms with van der Waals surface area (Å²) in [5.74, 6) is 7.32. The molecule has 22 saturated heterocycles. The third kappa shape index (κ3) is 31.8. The standard InChI is InChI=1S/C85H140N6O41/c1-47(88-61(98)19-24-113-28-32-117-35-34-115-30-26-111-22-11-17-63(100)120-45-51-49-13-5-2-3-6-14-50(49)51)12-9-10-20-86-60(97)18-23-112-27-31-116-36-37-118-33-29-114-25-21-87-62(99)46-119-54-16-8-4-7-15-52-64(54)91(90-89-52)39-55-75-65(101)71(107)82(123-55)129-77-57(41-93)125-84(72(108)67(77)103)131-79-59(43-95)127-85(74(110)69(79)105)132-78-58(42-94)126-83(73(109)68(78)104)130-76-56(40-92)124-81(70(106)66(76)102)122-48-38-53(96)80(128-75)121-44-48/h47-51,53-59,65-85,92-96,101-110H,4-46H2,1H3,(H,86,97)(H,87,99)(H,88,98)/t47-,48?,49?,50?,51?,53?,54?,55?,56?,57?,58?,59?,65?,66?,67?,68?,69?,70?,71?,72?,73?,74?,75?,76?,77?,78?,79?,80?,81?,82?,83?,84?,85?/m0/s1. The minimum absolute atomic E-state index is 0.0366. The van der Waals surface area contributed by atoms with Crippen LogP contribution in [0.3, 0.4) is 0 Å². The van der Waals surface area contributed by atoms with E-state index in [2.05, 4.69) is 38.1 Å². The predicted molar refractivity (Wildman–Crippen MR) is 442 cm³/mol. The van der Waals surface area contributed by atoms with Crippen molar-refractivity contribution >= 4 is 23.7 Å². The lowest BCUT2D eigenvalue weighted by Crippen LogP contribution is -2.68. The summed E-state index contributed by atoms with van der Waals surface area (Å²) in [7, 11) is 0. The highest BCUT2D eigenvalue weighted by atomic mass is 16.8. The molecule has 12 bridgehead atoms. The van der Waals surface area contributed by atoms with E-state index in [0.29, 0.717) is 127 Å². The van der Waals surface area contributed by atoms with Gasteiger partial charge in [-0.3, -0.25) is 19.2 Å². The van der Waals surface area contributed by atoms with Gasteiger partial charge in [0.1, 0.15) is 141 Å². The molecule has 3 aliphatic carbocycles. The molecule has 26 rings (SSSR count). The average Bonchev–Trinajstić information content (AvgIpc) is 1.51. The van der Waals surface area contributed by atoms with Gasteiger partial charge in [0.15, 0.2) is 37.7 Å². The molecule has 31 unspecified atom stereocenters. The summed E-state index contributed by atoms with van der Waals surface area (Å²) in [6.07, 6.45) is -42.9. The Labute approximate surface area is 764 Å². The number of fused-ring (bicyclic) bond motifs is 2. The maximum Gasteiger partial charge on any atom is 0.305 e. The quantitative estimate of drug-likeness (QED) is 0.0164. The number of aliphatic hydroxyl groups is 15. The number of carbonyl (C=O) groups is 4. The molecule has 47 nitrogen and oxygen atoms in total. The van der Waals surface area contributed by atoms with Gasteiger partial charge in [0.25, 0.3) is 0 Å². The number of aliphatic hydroxyl groups excluding tert-OH is 15. The Morgan fingerprint density at radius 3 is 1.36 bits per heavy atom. The van der Waals surface area contributed by atoms with Gasteiger partial charge in [-0.15, -0.1) is 16.9 Å². The van der Waals surface area contributed by atoms with Crippen molar-refractivity contribution in [3.63, 3.8) is 0 Å². The molecule has 1 aromatic heterocycles. The van der Waals surface area contributed by atoms with Crippen LogP contribution in [0.5, 0.6) is 0 Å². The lowest BCUT2D eigenvalue weighted by molar-refractivity contribution is -0.398. The van der Waals surface area contributed by atoms with Crippen LogP contribution in [0, 0.1) is 29.6 Å². The largest absolute Gasteiger partial charge is 0.465 e. The second-order valence-electron chi connectivity index (χ2n) is 34.4. The molecule has 22 aliphatic heterocycles. The molecule has 0 aromatic carbocycles. The Bertz CT molecular complexity index is 3540. The van der Waals surface area contributed by atoms with Crippen LogP contribution in [0.15, 0.2) is 0 Å². The van der Waals surface area contributed by atoms with Crippen LogP contribution < -0.4 is 16.0 Å². The van der Waals surface area contributed by atoms with E-state index < -0.39 is 230 Å². The number of hydrogen-bond acceptors (Lipinski definition) is 43. The van der Waals surface area contributed by atoms with Gasteiger partial charge in [-0.1, -0.05) is 18.1 Å². The Morgan fingerprint density at radius 2 is 0.879 bits per heavy atom. The van der Waals surface area contributed by atoms with Crippen LogP contribution in [0.1, 0.15) is 127 Å². The van der Waals surface area contributed by atoms with Crippen molar-refractivity contribution in [3.8, 4) is 11.8 Å².